The molecule has 0 aliphatic carbocycles. The zero-order chi connectivity index (χ0) is 23.8. The van der Waals surface area contributed by atoms with Crippen molar-refractivity contribution in [1.29, 1.82) is 0 Å². The third kappa shape index (κ3) is 4.18. The second-order valence-electron chi connectivity index (χ2n) is 8.38. The molecule has 1 aliphatic rings. The van der Waals surface area contributed by atoms with E-state index < -0.39 is 17.5 Å². The molecule has 33 heavy (non-hydrogen) atoms. The number of Topliss-reactive ketones (excluding diaryl/α,β-unsaturated/α-hetero) is 1. The minimum atomic E-state index is -1.14. The van der Waals surface area contributed by atoms with Crippen LogP contribution in [0.3, 0.4) is 0 Å². The van der Waals surface area contributed by atoms with E-state index in [0.717, 1.165) is 39.9 Å². The van der Waals surface area contributed by atoms with Gasteiger partial charge in [0.1, 0.15) is 5.75 Å². The van der Waals surface area contributed by atoms with Gasteiger partial charge in [-0.05, 0) is 62.4 Å². The van der Waals surface area contributed by atoms with E-state index in [1.807, 2.05) is 61.7 Å². The van der Waals surface area contributed by atoms with Gasteiger partial charge in [-0.2, -0.15) is 0 Å². The van der Waals surface area contributed by atoms with Crippen LogP contribution in [0.4, 0.5) is 4.79 Å². The first-order valence-corrected chi connectivity index (χ1v) is 11.6. The van der Waals surface area contributed by atoms with Crippen LogP contribution in [0.5, 0.6) is 5.75 Å². The minimum absolute atomic E-state index is 0.252. The Bertz CT molecular complexity index is 1200. The molecule has 1 aliphatic heterocycles. The molecule has 172 valence electrons. The van der Waals surface area contributed by atoms with Gasteiger partial charge in [0.05, 0.1) is 13.7 Å². The molecule has 3 amide bonds. The molecule has 1 saturated heterocycles. The molecule has 1 aromatic carbocycles. The van der Waals surface area contributed by atoms with Crippen LogP contribution in [0.25, 0.3) is 0 Å². The van der Waals surface area contributed by atoms with Crippen LogP contribution in [0.1, 0.15) is 39.1 Å². The summed E-state index contributed by atoms with van der Waals surface area (Å²) in [5.41, 5.74) is 2.36. The third-order valence-electron chi connectivity index (χ3n) is 6.25. The summed E-state index contributed by atoms with van der Waals surface area (Å²) in [5, 5.41) is 4.60. The number of aryl methyl sites for hydroxylation is 2. The van der Waals surface area contributed by atoms with Gasteiger partial charge in [-0.15, -0.1) is 11.3 Å². The number of aromatic nitrogens is 1. The van der Waals surface area contributed by atoms with Gasteiger partial charge in [0.2, 0.25) is 0 Å². The molecular formula is C25H27N3O4S. The van der Waals surface area contributed by atoms with Gasteiger partial charge >= 0.3 is 6.03 Å². The Morgan fingerprint density at radius 1 is 1.15 bits per heavy atom. The fourth-order valence-electron chi connectivity index (χ4n) is 4.26. The van der Waals surface area contributed by atoms with E-state index in [1.54, 1.807) is 14.0 Å². The minimum Gasteiger partial charge on any atom is -0.497 e. The number of urea groups is 1. The Balaban J connectivity index is 1.47. The van der Waals surface area contributed by atoms with Crippen LogP contribution in [0.2, 0.25) is 0 Å². The lowest BCUT2D eigenvalue weighted by molar-refractivity contribution is -0.130. The summed E-state index contributed by atoms with van der Waals surface area (Å²) in [6, 6.07) is 12.9. The number of rotatable bonds is 8. The van der Waals surface area contributed by atoms with Gasteiger partial charge < -0.3 is 14.6 Å². The summed E-state index contributed by atoms with van der Waals surface area (Å²) >= 11 is 1.40. The molecule has 3 heterocycles. The first-order valence-electron chi connectivity index (χ1n) is 10.8. The first-order chi connectivity index (χ1) is 15.7. The Kier molecular flexibility index (Phi) is 6.12. The number of hydrogen-bond acceptors (Lipinski definition) is 5. The predicted octanol–water partition coefficient (Wildman–Crippen LogP) is 4.07. The van der Waals surface area contributed by atoms with E-state index in [0.29, 0.717) is 5.56 Å². The van der Waals surface area contributed by atoms with Crippen molar-refractivity contribution in [2.24, 2.45) is 0 Å². The van der Waals surface area contributed by atoms with E-state index >= 15 is 0 Å². The number of ether oxygens (including phenoxy) is 1. The number of nitrogens with one attached hydrogen (secondary N) is 1. The number of benzene rings is 1. The molecular weight excluding hydrogens is 438 g/mol. The monoisotopic (exact) mass is 465 g/mol. The number of carbonyl (C=O) groups excluding carboxylic acids is 3. The van der Waals surface area contributed by atoms with E-state index in [-0.39, 0.29) is 12.3 Å². The molecule has 1 N–H and O–H groups in total. The van der Waals surface area contributed by atoms with Crippen molar-refractivity contribution in [3.05, 3.63) is 75.2 Å². The lowest BCUT2D eigenvalue weighted by Gasteiger charge is -2.19. The quantitative estimate of drug-likeness (QED) is 0.402. The zero-order valence-corrected chi connectivity index (χ0v) is 20.0. The highest BCUT2D eigenvalue weighted by Crippen LogP contribution is 2.32. The molecule has 0 saturated carbocycles. The summed E-state index contributed by atoms with van der Waals surface area (Å²) < 4.78 is 7.30. The second-order valence-corrected chi connectivity index (χ2v) is 9.33. The van der Waals surface area contributed by atoms with Crippen molar-refractivity contribution in [3.63, 3.8) is 0 Å². The van der Waals surface area contributed by atoms with E-state index in [4.69, 9.17) is 4.74 Å². The van der Waals surface area contributed by atoms with E-state index in [2.05, 4.69) is 9.88 Å². The van der Waals surface area contributed by atoms with Crippen LogP contribution in [-0.4, -0.2) is 40.8 Å². The highest BCUT2D eigenvalue weighted by atomic mass is 32.1. The topological polar surface area (TPSA) is 80.6 Å². The van der Waals surface area contributed by atoms with E-state index in [1.165, 1.54) is 16.9 Å². The molecule has 3 aromatic rings. The summed E-state index contributed by atoms with van der Waals surface area (Å²) in [4.78, 5) is 40.5. The van der Waals surface area contributed by atoms with Crippen molar-refractivity contribution in [3.8, 4) is 5.75 Å². The van der Waals surface area contributed by atoms with Gasteiger partial charge in [0.25, 0.3) is 5.91 Å². The standard InChI is InChI=1S/C25H27N3O4S/c1-16-14-20(17(2)27(16)12-11-18-7-9-19(32-4)10-8-18)21(29)15-28-23(30)25(3,26-24(28)31)22-6-5-13-33-22/h5-10,13-14H,11-12,15H2,1-4H3,(H,26,31). The summed E-state index contributed by atoms with van der Waals surface area (Å²) in [7, 11) is 1.64. The largest absolute Gasteiger partial charge is 0.497 e. The molecule has 8 heteroatoms. The molecule has 0 bridgehead atoms. The molecule has 1 unspecified atom stereocenters. The van der Waals surface area contributed by atoms with Crippen LogP contribution in [0, 0.1) is 13.8 Å². The molecule has 4 rings (SSSR count). The fourth-order valence-corrected chi connectivity index (χ4v) is 5.09. The van der Waals surface area contributed by atoms with Gasteiger partial charge in [0.15, 0.2) is 11.3 Å². The fraction of sp³-hybridized carbons (Fsp3) is 0.320. The molecule has 7 nitrogen and oxygen atoms in total. The molecule has 0 radical (unpaired) electrons. The highest BCUT2D eigenvalue weighted by molar-refractivity contribution is 7.10. The highest BCUT2D eigenvalue weighted by Gasteiger charge is 2.50. The lowest BCUT2D eigenvalue weighted by atomic mass is 10.0. The number of carbonyl (C=O) groups is 3. The number of imide groups is 1. The van der Waals surface area contributed by atoms with Crippen LogP contribution in [0.15, 0.2) is 47.8 Å². The number of ketones is 1. The number of methoxy groups -OCH3 is 1. The normalized spacial score (nSPS) is 18.0. The summed E-state index contributed by atoms with van der Waals surface area (Å²) in [5.74, 6) is 0.157. The molecule has 1 fully saturated rings. The zero-order valence-electron chi connectivity index (χ0n) is 19.2. The number of nitrogens with zero attached hydrogens (tertiary/aromatic N) is 2. The number of hydrogen-bond donors (Lipinski definition) is 1. The van der Waals surface area contributed by atoms with E-state index in [9.17, 15) is 14.4 Å². The Labute approximate surface area is 197 Å². The Morgan fingerprint density at radius 2 is 1.88 bits per heavy atom. The number of thiophene rings is 1. The predicted molar refractivity (Wildman–Crippen MR) is 127 cm³/mol. The first kappa shape index (κ1) is 22.8. The second kappa shape index (κ2) is 8.86. The average molecular weight is 466 g/mol. The Hall–Kier alpha value is -3.39. The molecule has 2 aromatic heterocycles. The van der Waals surface area contributed by atoms with Gasteiger partial charge in [0, 0.05) is 28.4 Å². The SMILES string of the molecule is COc1ccc(CCn2c(C)cc(C(=O)CN3C(=O)NC(C)(c4cccs4)C3=O)c2C)cc1. The van der Waals surface area contributed by atoms with Gasteiger partial charge in [-0.25, -0.2) is 4.79 Å². The van der Waals surface area contributed by atoms with Crippen LogP contribution < -0.4 is 10.1 Å². The average Bonchev–Trinajstić information content (AvgIpc) is 3.49. The van der Waals surface area contributed by atoms with Crippen molar-refractivity contribution in [1.82, 2.24) is 14.8 Å². The van der Waals surface area contributed by atoms with Crippen LogP contribution >= 0.6 is 11.3 Å². The van der Waals surface area contributed by atoms with Crippen molar-refractivity contribution >= 4 is 29.1 Å². The maximum absolute atomic E-state index is 13.1. The van der Waals surface area contributed by atoms with Gasteiger partial charge in [-0.3, -0.25) is 14.5 Å². The van der Waals surface area contributed by atoms with Crippen LogP contribution in [-0.2, 0) is 23.3 Å². The lowest BCUT2D eigenvalue weighted by Crippen LogP contribution is -2.40. The summed E-state index contributed by atoms with van der Waals surface area (Å²) in [6.07, 6.45) is 0.806. The maximum Gasteiger partial charge on any atom is 0.325 e. The van der Waals surface area contributed by atoms with Crippen molar-refractivity contribution < 1.29 is 19.1 Å². The third-order valence-corrected chi connectivity index (χ3v) is 7.34. The summed E-state index contributed by atoms with van der Waals surface area (Å²) in [6.45, 7) is 5.97. The number of amides is 3. The van der Waals surface area contributed by atoms with Crippen molar-refractivity contribution in [2.75, 3.05) is 13.7 Å². The smallest absolute Gasteiger partial charge is 0.325 e. The molecule has 0 spiro atoms. The molecule has 1 atom stereocenters. The van der Waals surface area contributed by atoms with Crippen molar-refractivity contribution in [2.45, 2.75) is 39.3 Å². The maximum atomic E-state index is 13.1. The Morgan fingerprint density at radius 3 is 2.52 bits per heavy atom. The van der Waals surface area contributed by atoms with Gasteiger partial charge in [-0.1, -0.05) is 18.2 Å².